The van der Waals surface area contributed by atoms with Crippen molar-refractivity contribution in [2.45, 2.75) is 39.0 Å². The summed E-state index contributed by atoms with van der Waals surface area (Å²) in [5, 5.41) is 5.51. The lowest BCUT2D eigenvalue weighted by Crippen LogP contribution is -2.41. The molecule has 0 bridgehead atoms. The van der Waals surface area contributed by atoms with Crippen molar-refractivity contribution in [3.63, 3.8) is 0 Å². The molecule has 2 N–H and O–H groups in total. The second-order valence-electron chi connectivity index (χ2n) is 6.37. The average molecular weight is 358 g/mol. The van der Waals surface area contributed by atoms with Gasteiger partial charge in [-0.25, -0.2) is 4.79 Å². The second kappa shape index (κ2) is 8.03. The number of hydrogen-bond donors (Lipinski definition) is 2. The van der Waals surface area contributed by atoms with Gasteiger partial charge in [0.15, 0.2) is 6.61 Å². The van der Waals surface area contributed by atoms with Crippen LogP contribution in [-0.2, 0) is 33.6 Å². The first-order valence-electron chi connectivity index (χ1n) is 8.82. The Kier molecular flexibility index (Phi) is 5.55. The molecular weight excluding hydrogens is 336 g/mol. The molecule has 26 heavy (non-hydrogen) atoms. The standard InChI is InChI=1S/C19H22N2O5/c1-2-6-20-19(24)21-17(22)11-26-18(23)9-14-10-25-16-8-13-5-3-4-12(13)7-15(14)16/h7-8,10H,2-6,9,11H2,1H3,(H2,20,21,22,24). The molecular formula is C19H22N2O5. The Morgan fingerprint density at radius 3 is 2.73 bits per heavy atom. The number of nitrogens with one attached hydrogen (secondary N) is 2. The van der Waals surface area contributed by atoms with Crippen LogP contribution >= 0.6 is 0 Å². The van der Waals surface area contributed by atoms with Gasteiger partial charge in [0, 0.05) is 17.5 Å². The number of amides is 3. The van der Waals surface area contributed by atoms with Gasteiger partial charge in [-0.15, -0.1) is 0 Å². The number of fused-ring (bicyclic) bond motifs is 2. The zero-order chi connectivity index (χ0) is 18.5. The number of hydrogen-bond acceptors (Lipinski definition) is 5. The van der Waals surface area contributed by atoms with E-state index in [0.29, 0.717) is 6.54 Å². The van der Waals surface area contributed by atoms with Gasteiger partial charge in [-0.1, -0.05) is 6.92 Å². The molecule has 1 aromatic heterocycles. The zero-order valence-electron chi connectivity index (χ0n) is 14.7. The minimum atomic E-state index is -0.665. The van der Waals surface area contributed by atoms with Crippen molar-refractivity contribution in [2.24, 2.45) is 0 Å². The summed E-state index contributed by atoms with van der Waals surface area (Å²) in [5.41, 5.74) is 4.10. The summed E-state index contributed by atoms with van der Waals surface area (Å²) >= 11 is 0. The molecule has 7 heteroatoms. The Labute approximate surface area is 151 Å². The molecule has 7 nitrogen and oxygen atoms in total. The molecule has 2 aromatic rings. The van der Waals surface area contributed by atoms with Crippen molar-refractivity contribution in [3.8, 4) is 0 Å². The van der Waals surface area contributed by atoms with Gasteiger partial charge in [0.05, 0.1) is 12.7 Å². The third-order valence-electron chi connectivity index (χ3n) is 4.36. The molecule has 1 aliphatic rings. The van der Waals surface area contributed by atoms with Gasteiger partial charge < -0.3 is 14.5 Å². The first-order valence-corrected chi connectivity index (χ1v) is 8.82. The number of rotatable bonds is 6. The van der Waals surface area contributed by atoms with Gasteiger partial charge in [-0.05, 0) is 48.9 Å². The number of benzene rings is 1. The van der Waals surface area contributed by atoms with Crippen LogP contribution in [0, 0.1) is 0 Å². The van der Waals surface area contributed by atoms with Crippen LogP contribution < -0.4 is 10.6 Å². The van der Waals surface area contributed by atoms with Gasteiger partial charge in [0.2, 0.25) is 0 Å². The zero-order valence-corrected chi connectivity index (χ0v) is 14.7. The molecule has 0 spiro atoms. The maximum absolute atomic E-state index is 12.0. The molecule has 0 radical (unpaired) electrons. The lowest BCUT2D eigenvalue weighted by atomic mass is 10.0. The Bertz CT molecular complexity index is 840. The summed E-state index contributed by atoms with van der Waals surface area (Å²) in [7, 11) is 0. The van der Waals surface area contributed by atoms with Crippen molar-refractivity contribution in [2.75, 3.05) is 13.2 Å². The lowest BCUT2D eigenvalue weighted by Gasteiger charge is -2.06. The Morgan fingerprint density at radius 1 is 1.19 bits per heavy atom. The maximum Gasteiger partial charge on any atom is 0.321 e. The molecule has 3 rings (SSSR count). The monoisotopic (exact) mass is 358 g/mol. The van der Waals surface area contributed by atoms with Crippen LogP contribution in [0.25, 0.3) is 11.0 Å². The Hall–Kier alpha value is -2.83. The first-order chi connectivity index (χ1) is 12.6. The van der Waals surface area contributed by atoms with E-state index in [2.05, 4.69) is 16.7 Å². The maximum atomic E-state index is 12.0. The number of aryl methyl sites for hydroxylation is 2. The van der Waals surface area contributed by atoms with E-state index in [9.17, 15) is 14.4 Å². The molecule has 0 saturated carbocycles. The van der Waals surface area contributed by atoms with Crippen molar-refractivity contribution >= 4 is 28.9 Å². The van der Waals surface area contributed by atoms with Crippen LogP contribution in [0.2, 0.25) is 0 Å². The SMILES string of the molecule is CCCNC(=O)NC(=O)COC(=O)Cc1coc2cc3c(cc12)CCC3. The van der Waals surface area contributed by atoms with Gasteiger partial charge >= 0.3 is 12.0 Å². The first kappa shape index (κ1) is 18.0. The third-order valence-corrected chi connectivity index (χ3v) is 4.36. The van der Waals surface area contributed by atoms with Gasteiger partial charge in [0.1, 0.15) is 5.58 Å². The predicted octanol–water partition coefficient (Wildman–Crippen LogP) is 2.24. The molecule has 1 heterocycles. The van der Waals surface area contributed by atoms with E-state index in [1.807, 2.05) is 13.0 Å². The van der Waals surface area contributed by atoms with E-state index < -0.39 is 24.5 Å². The van der Waals surface area contributed by atoms with E-state index in [0.717, 1.165) is 42.2 Å². The number of imide groups is 1. The van der Waals surface area contributed by atoms with Crippen LogP contribution in [0.5, 0.6) is 0 Å². The fourth-order valence-electron chi connectivity index (χ4n) is 3.08. The minimum absolute atomic E-state index is 0.0150. The minimum Gasteiger partial charge on any atom is -0.464 e. The third kappa shape index (κ3) is 4.22. The summed E-state index contributed by atoms with van der Waals surface area (Å²) in [6.07, 6.45) is 5.57. The second-order valence-corrected chi connectivity index (χ2v) is 6.37. The largest absolute Gasteiger partial charge is 0.464 e. The summed E-state index contributed by atoms with van der Waals surface area (Å²) in [6, 6.07) is 3.52. The van der Waals surface area contributed by atoms with Gasteiger partial charge in [0.25, 0.3) is 5.91 Å². The van der Waals surface area contributed by atoms with Crippen LogP contribution in [0.1, 0.15) is 36.5 Å². The molecule has 0 atom stereocenters. The van der Waals surface area contributed by atoms with E-state index in [-0.39, 0.29) is 6.42 Å². The summed E-state index contributed by atoms with van der Waals surface area (Å²) in [6.45, 7) is 1.87. The molecule has 3 amide bonds. The highest BCUT2D eigenvalue weighted by atomic mass is 16.5. The molecule has 138 valence electrons. The number of esters is 1. The van der Waals surface area contributed by atoms with Crippen LogP contribution in [-0.4, -0.2) is 31.1 Å². The van der Waals surface area contributed by atoms with E-state index >= 15 is 0 Å². The lowest BCUT2D eigenvalue weighted by molar-refractivity contribution is -0.147. The smallest absolute Gasteiger partial charge is 0.321 e. The highest BCUT2D eigenvalue weighted by Gasteiger charge is 2.18. The van der Waals surface area contributed by atoms with Crippen LogP contribution in [0.15, 0.2) is 22.8 Å². The quantitative estimate of drug-likeness (QED) is 0.772. The van der Waals surface area contributed by atoms with Crippen molar-refractivity contribution in [3.05, 3.63) is 35.1 Å². The Balaban J connectivity index is 1.53. The van der Waals surface area contributed by atoms with Gasteiger partial charge in [-0.3, -0.25) is 14.9 Å². The molecule has 0 fully saturated rings. The summed E-state index contributed by atoms with van der Waals surface area (Å²) < 4.78 is 10.5. The predicted molar refractivity (Wildman–Crippen MR) is 94.7 cm³/mol. The van der Waals surface area contributed by atoms with Crippen molar-refractivity contribution in [1.29, 1.82) is 0 Å². The highest BCUT2D eigenvalue weighted by molar-refractivity contribution is 5.95. The van der Waals surface area contributed by atoms with E-state index in [4.69, 9.17) is 9.15 Å². The molecule has 0 aliphatic heterocycles. The van der Waals surface area contributed by atoms with Crippen molar-refractivity contribution < 1.29 is 23.5 Å². The highest BCUT2D eigenvalue weighted by Crippen LogP contribution is 2.30. The average Bonchev–Trinajstić information content (AvgIpc) is 3.23. The summed E-state index contributed by atoms with van der Waals surface area (Å²) in [4.78, 5) is 35.0. The number of urea groups is 1. The van der Waals surface area contributed by atoms with Crippen LogP contribution in [0.4, 0.5) is 4.79 Å². The molecule has 0 saturated heterocycles. The van der Waals surface area contributed by atoms with E-state index in [1.165, 1.54) is 11.1 Å². The number of ether oxygens (including phenoxy) is 1. The molecule has 1 aliphatic carbocycles. The molecule has 1 aromatic carbocycles. The summed E-state index contributed by atoms with van der Waals surface area (Å²) in [5.74, 6) is -1.21. The van der Waals surface area contributed by atoms with Crippen molar-refractivity contribution in [1.82, 2.24) is 10.6 Å². The van der Waals surface area contributed by atoms with Crippen LogP contribution in [0.3, 0.4) is 0 Å². The van der Waals surface area contributed by atoms with E-state index in [1.54, 1.807) is 6.26 Å². The topological polar surface area (TPSA) is 97.6 Å². The number of carbonyl (C=O) groups excluding carboxylic acids is 3. The Morgan fingerprint density at radius 2 is 1.96 bits per heavy atom. The molecule has 0 unspecified atom stereocenters. The fourth-order valence-corrected chi connectivity index (χ4v) is 3.08. The number of carbonyl (C=O) groups is 3. The number of furan rings is 1. The fraction of sp³-hybridized carbons (Fsp3) is 0.421. The normalized spacial score (nSPS) is 12.7. The van der Waals surface area contributed by atoms with Gasteiger partial charge in [-0.2, -0.15) is 0 Å².